The molecule has 4 nitrogen and oxygen atoms in total. The topological polar surface area (TPSA) is 47.0 Å². The molecule has 0 spiro atoms. The molecule has 0 aliphatic heterocycles. The summed E-state index contributed by atoms with van der Waals surface area (Å²) >= 11 is 7.35. The lowest BCUT2D eigenvalue weighted by Gasteiger charge is -2.07. The van der Waals surface area contributed by atoms with E-state index in [1.807, 2.05) is 13.0 Å². The van der Waals surface area contributed by atoms with Gasteiger partial charge in [-0.25, -0.2) is 18.7 Å². The molecule has 2 rings (SSSR count). The molecule has 8 heteroatoms. The molecule has 2 heterocycles. The van der Waals surface area contributed by atoms with Gasteiger partial charge in [0.05, 0.1) is 12.0 Å². The summed E-state index contributed by atoms with van der Waals surface area (Å²) in [5.74, 6) is 0.597. The van der Waals surface area contributed by atoms with Crippen LogP contribution in [0.3, 0.4) is 0 Å². The second kappa shape index (κ2) is 6.40. The first-order valence-corrected chi connectivity index (χ1v) is 6.79. The van der Waals surface area contributed by atoms with Gasteiger partial charge in [-0.15, -0.1) is 11.3 Å². The zero-order chi connectivity index (χ0) is 13.8. The van der Waals surface area contributed by atoms with E-state index in [-0.39, 0.29) is 11.9 Å². The number of nitrogens with one attached hydrogen (secondary N) is 1. The number of aryl methyl sites for hydroxylation is 1. The molecule has 0 bridgehead atoms. The molecule has 0 atom stereocenters. The third-order valence-electron chi connectivity index (χ3n) is 2.27. The van der Waals surface area contributed by atoms with E-state index < -0.39 is 13.0 Å². The highest BCUT2D eigenvalue weighted by molar-refractivity contribution is 7.18. The summed E-state index contributed by atoms with van der Waals surface area (Å²) in [7, 11) is 0. The predicted octanol–water partition coefficient (Wildman–Crippen LogP) is 3.35. The molecule has 2 aromatic rings. The molecule has 0 saturated heterocycles. The maximum atomic E-state index is 11.9. The van der Waals surface area contributed by atoms with Gasteiger partial charge in [-0.3, -0.25) is 0 Å². The Kier molecular flexibility index (Phi) is 4.84. The van der Waals surface area contributed by atoms with Gasteiger partial charge >= 0.3 is 0 Å². The summed E-state index contributed by atoms with van der Waals surface area (Å²) in [5.41, 5.74) is 0. The van der Waals surface area contributed by atoms with E-state index in [1.165, 1.54) is 11.3 Å². The van der Waals surface area contributed by atoms with Gasteiger partial charge in [0.15, 0.2) is 0 Å². The van der Waals surface area contributed by atoms with Gasteiger partial charge in [-0.1, -0.05) is 0 Å². The van der Waals surface area contributed by atoms with Crippen LogP contribution in [0.2, 0.25) is 5.28 Å². The Morgan fingerprint density at radius 1 is 1.47 bits per heavy atom. The first kappa shape index (κ1) is 14.4. The van der Waals surface area contributed by atoms with Crippen molar-refractivity contribution in [2.24, 2.45) is 0 Å². The number of hydrogen-bond donors (Lipinski definition) is 1. The van der Waals surface area contributed by atoms with Gasteiger partial charge in [0.25, 0.3) is 6.43 Å². The zero-order valence-corrected chi connectivity index (χ0v) is 11.7. The number of alkyl halides is 2. The van der Waals surface area contributed by atoms with Crippen LogP contribution in [0.1, 0.15) is 4.88 Å². The van der Waals surface area contributed by atoms with Crippen molar-refractivity contribution in [2.75, 3.05) is 25.1 Å². The molecule has 0 unspecified atom stereocenters. The molecule has 19 heavy (non-hydrogen) atoms. The Labute approximate surface area is 117 Å². The lowest BCUT2D eigenvalue weighted by molar-refractivity contribution is 0.0215. The molecule has 0 saturated carbocycles. The summed E-state index contributed by atoms with van der Waals surface area (Å²) < 4.78 is 28.5. The molecule has 2 aromatic heterocycles. The van der Waals surface area contributed by atoms with Crippen LogP contribution in [0.25, 0.3) is 10.2 Å². The minimum absolute atomic E-state index is 0.158. The molecule has 0 aliphatic rings. The van der Waals surface area contributed by atoms with Crippen LogP contribution in [0, 0.1) is 6.92 Å². The van der Waals surface area contributed by atoms with Gasteiger partial charge in [-0.2, -0.15) is 0 Å². The normalized spacial score (nSPS) is 11.4. The number of rotatable bonds is 6. The van der Waals surface area contributed by atoms with Crippen molar-refractivity contribution < 1.29 is 13.5 Å². The van der Waals surface area contributed by atoms with Gasteiger partial charge in [0, 0.05) is 11.4 Å². The fraction of sp³-hybridized carbons (Fsp3) is 0.455. The number of thiophene rings is 1. The van der Waals surface area contributed by atoms with Gasteiger partial charge < -0.3 is 10.1 Å². The van der Waals surface area contributed by atoms with Gasteiger partial charge in [-0.05, 0) is 24.6 Å². The third-order valence-corrected chi connectivity index (χ3v) is 3.38. The summed E-state index contributed by atoms with van der Waals surface area (Å²) in [5, 5.41) is 4.05. The number of nitrogens with zero attached hydrogens (tertiary/aromatic N) is 2. The van der Waals surface area contributed by atoms with Crippen molar-refractivity contribution in [2.45, 2.75) is 13.3 Å². The van der Waals surface area contributed by atoms with Gasteiger partial charge in [0.1, 0.15) is 17.3 Å². The highest BCUT2D eigenvalue weighted by atomic mass is 35.5. The number of halogens is 3. The molecule has 0 aromatic carbocycles. The van der Waals surface area contributed by atoms with Crippen molar-refractivity contribution in [3.63, 3.8) is 0 Å². The Bertz CT molecular complexity index is 564. The second-order valence-corrected chi connectivity index (χ2v) is 5.38. The monoisotopic (exact) mass is 307 g/mol. The number of aromatic nitrogens is 2. The lowest BCUT2D eigenvalue weighted by atomic mass is 10.3. The van der Waals surface area contributed by atoms with Crippen LogP contribution in [-0.2, 0) is 4.74 Å². The highest BCUT2D eigenvalue weighted by Crippen LogP contribution is 2.29. The molecule has 0 radical (unpaired) electrons. The Hall–Kier alpha value is -1.05. The smallest absolute Gasteiger partial charge is 0.261 e. The van der Waals surface area contributed by atoms with Crippen LogP contribution in [0.15, 0.2) is 6.07 Å². The van der Waals surface area contributed by atoms with E-state index >= 15 is 0 Å². The summed E-state index contributed by atoms with van der Waals surface area (Å²) in [4.78, 5) is 10.1. The third kappa shape index (κ3) is 3.95. The van der Waals surface area contributed by atoms with Crippen LogP contribution in [0.5, 0.6) is 0 Å². The Balaban J connectivity index is 1.99. The fourth-order valence-corrected chi connectivity index (χ4v) is 2.66. The highest BCUT2D eigenvalue weighted by Gasteiger charge is 2.09. The average molecular weight is 308 g/mol. The molecule has 0 aliphatic carbocycles. The van der Waals surface area contributed by atoms with E-state index in [0.29, 0.717) is 12.4 Å². The predicted molar refractivity (Wildman–Crippen MR) is 72.5 cm³/mol. The largest absolute Gasteiger partial charge is 0.374 e. The number of ether oxygens (including phenoxy) is 1. The zero-order valence-electron chi connectivity index (χ0n) is 10.1. The first-order chi connectivity index (χ1) is 9.06. The van der Waals surface area contributed by atoms with E-state index in [1.54, 1.807) is 0 Å². The van der Waals surface area contributed by atoms with E-state index in [4.69, 9.17) is 16.3 Å². The minimum atomic E-state index is -2.44. The molecule has 1 N–H and O–H groups in total. The Morgan fingerprint density at radius 3 is 3.00 bits per heavy atom. The summed E-state index contributed by atoms with van der Waals surface area (Å²) in [6.45, 7) is 1.97. The van der Waals surface area contributed by atoms with Crippen molar-refractivity contribution in [3.05, 3.63) is 16.2 Å². The fourth-order valence-electron chi connectivity index (χ4n) is 1.56. The van der Waals surface area contributed by atoms with E-state index in [9.17, 15) is 8.78 Å². The lowest BCUT2D eigenvalue weighted by Crippen LogP contribution is -2.14. The number of anilines is 1. The summed E-state index contributed by atoms with van der Waals surface area (Å²) in [6, 6.07) is 1.96. The van der Waals surface area contributed by atoms with Crippen molar-refractivity contribution in [3.8, 4) is 0 Å². The van der Waals surface area contributed by atoms with Crippen LogP contribution < -0.4 is 5.32 Å². The average Bonchev–Trinajstić information content (AvgIpc) is 2.68. The number of fused-ring (bicyclic) bond motifs is 1. The Morgan fingerprint density at radius 2 is 2.26 bits per heavy atom. The first-order valence-electron chi connectivity index (χ1n) is 5.59. The maximum Gasteiger partial charge on any atom is 0.261 e. The van der Waals surface area contributed by atoms with Crippen molar-refractivity contribution in [1.82, 2.24) is 9.97 Å². The quantitative estimate of drug-likeness (QED) is 0.657. The molecule has 0 fully saturated rings. The molecule has 104 valence electrons. The SMILES string of the molecule is Cc1cc2c(NCCOCC(F)F)nc(Cl)nc2s1. The molecule has 0 amide bonds. The van der Waals surface area contributed by atoms with E-state index in [2.05, 4.69) is 15.3 Å². The van der Waals surface area contributed by atoms with Crippen LogP contribution >= 0.6 is 22.9 Å². The second-order valence-electron chi connectivity index (χ2n) is 3.81. The number of hydrogen-bond acceptors (Lipinski definition) is 5. The van der Waals surface area contributed by atoms with Crippen molar-refractivity contribution in [1.29, 1.82) is 0 Å². The minimum Gasteiger partial charge on any atom is -0.374 e. The molecular formula is C11H12ClF2N3OS. The maximum absolute atomic E-state index is 11.9. The molecular weight excluding hydrogens is 296 g/mol. The van der Waals surface area contributed by atoms with Gasteiger partial charge in [0.2, 0.25) is 5.28 Å². The van der Waals surface area contributed by atoms with Crippen LogP contribution in [-0.4, -0.2) is 36.2 Å². The summed E-state index contributed by atoms with van der Waals surface area (Å²) in [6.07, 6.45) is -2.44. The van der Waals surface area contributed by atoms with Crippen LogP contribution in [0.4, 0.5) is 14.6 Å². The van der Waals surface area contributed by atoms with E-state index in [0.717, 1.165) is 15.1 Å². The van der Waals surface area contributed by atoms with Crippen molar-refractivity contribution >= 4 is 39.0 Å². The standard InChI is InChI=1S/C11H12ClF2N3OS/c1-6-4-7-9(15-2-3-18-5-8(13)14)16-11(12)17-10(7)19-6/h4,8H,2-3,5H2,1H3,(H,15,16,17).